The minimum atomic E-state index is -0.222. The summed E-state index contributed by atoms with van der Waals surface area (Å²) in [5, 5.41) is 0. The van der Waals surface area contributed by atoms with E-state index >= 15 is 0 Å². The van der Waals surface area contributed by atoms with E-state index < -0.39 is 0 Å². The van der Waals surface area contributed by atoms with Gasteiger partial charge >= 0.3 is 0 Å². The van der Waals surface area contributed by atoms with Crippen LogP contribution in [0.4, 0.5) is 8.78 Å². The number of hydrogen-bond donors (Lipinski definition) is 0. The van der Waals surface area contributed by atoms with Crippen LogP contribution in [0.5, 0.6) is 0 Å². The van der Waals surface area contributed by atoms with Crippen LogP contribution in [-0.4, -0.2) is 42.5 Å². The van der Waals surface area contributed by atoms with Crippen molar-refractivity contribution in [2.75, 3.05) is 32.7 Å². The molecule has 4 heteroatoms. The fraction of sp³-hybridized carbons (Fsp3) is 0.286. The van der Waals surface area contributed by atoms with Crippen molar-refractivity contribution in [3.63, 3.8) is 0 Å². The van der Waals surface area contributed by atoms with Gasteiger partial charge in [0.2, 0.25) is 0 Å². The van der Waals surface area contributed by atoms with Crippen molar-refractivity contribution in [1.82, 2.24) is 9.80 Å². The highest BCUT2D eigenvalue weighted by Gasteiger charge is 2.36. The normalized spacial score (nSPS) is 21.8. The lowest BCUT2D eigenvalue weighted by Gasteiger charge is -2.38. The summed E-state index contributed by atoms with van der Waals surface area (Å²) in [6.07, 6.45) is 5.32. The summed E-state index contributed by atoms with van der Waals surface area (Å²) in [7, 11) is 0. The van der Waals surface area contributed by atoms with E-state index in [0.717, 1.165) is 50.3 Å². The monoisotopic (exact) mass is 430 g/mol. The highest BCUT2D eigenvalue weighted by molar-refractivity contribution is 5.49. The molecular formula is C28H28F2N2. The van der Waals surface area contributed by atoms with Crippen LogP contribution in [0.25, 0.3) is 6.08 Å². The van der Waals surface area contributed by atoms with Gasteiger partial charge in [-0.3, -0.25) is 9.80 Å². The van der Waals surface area contributed by atoms with Crippen LogP contribution in [0.2, 0.25) is 0 Å². The number of benzene rings is 3. The van der Waals surface area contributed by atoms with Gasteiger partial charge in [0.1, 0.15) is 11.6 Å². The molecule has 0 N–H and O–H groups in total. The Balaban J connectivity index is 1.26. The minimum Gasteiger partial charge on any atom is -0.297 e. The van der Waals surface area contributed by atoms with E-state index in [-0.39, 0.29) is 23.6 Å². The van der Waals surface area contributed by atoms with E-state index in [1.54, 1.807) is 12.1 Å². The Morgan fingerprint density at radius 1 is 0.781 bits per heavy atom. The predicted octanol–water partition coefficient (Wildman–Crippen LogP) is 5.87. The fourth-order valence-electron chi connectivity index (χ4n) is 5.14. The van der Waals surface area contributed by atoms with Gasteiger partial charge < -0.3 is 0 Å². The molecule has 0 radical (unpaired) electrons. The second-order valence-electron chi connectivity index (χ2n) is 8.78. The van der Waals surface area contributed by atoms with E-state index in [1.807, 2.05) is 24.3 Å². The third kappa shape index (κ3) is 4.52. The summed E-state index contributed by atoms with van der Waals surface area (Å²) in [6.45, 7) is 4.88. The van der Waals surface area contributed by atoms with Crippen LogP contribution in [-0.2, 0) is 0 Å². The first-order chi connectivity index (χ1) is 15.7. The number of fused-ring (bicyclic) bond motifs is 1. The molecule has 2 nitrogen and oxygen atoms in total. The zero-order chi connectivity index (χ0) is 21.9. The maximum absolute atomic E-state index is 14.1. The van der Waals surface area contributed by atoms with Crippen molar-refractivity contribution in [2.24, 2.45) is 0 Å². The predicted molar refractivity (Wildman–Crippen MR) is 125 cm³/mol. The molecule has 1 heterocycles. The van der Waals surface area contributed by atoms with E-state index in [9.17, 15) is 8.78 Å². The standard InChI is InChI=1S/C28H28F2N2/c29-23-10-8-22(9-11-23)26-20-28(27-19-24(30)12-13-25(26)27)32-17-15-31(16-18-32)14-4-7-21-5-2-1-3-6-21/h1-13,19,26,28H,14-18,20H2. The van der Waals surface area contributed by atoms with Crippen LogP contribution < -0.4 is 0 Å². The zero-order valence-electron chi connectivity index (χ0n) is 18.1. The SMILES string of the molecule is Fc1ccc(C2CC(N3CCN(CC=Cc4ccccc4)CC3)c3cc(F)ccc32)cc1. The van der Waals surface area contributed by atoms with Gasteiger partial charge in [-0.05, 0) is 52.9 Å². The second kappa shape index (κ2) is 9.35. The molecule has 3 aromatic rings. The largest absolute Gasteiger partial charge is 0.297 e. The van der Waals surface area contributed by atoms with Crippen molar-refractivity contribution in [1.29, 1.82) is 0 Å². The van der Waals surface area contributed by atoms with Gasteiger partial charge in [-0.25, -0.2) is 8.78 Å². The molecule has 0 spiro atoms. The first-order valence-electron chi connectivity index (χ1n) is 11.4. The average molecular weight is 431 g/mol. The van der Waals surface area contributed by atoms with Crippen molar-refractivity contribution in [2.45, 2.75) is 18.4 Å². The second-order valence-corrected chi connectivity index (χ2v) is 8.78. The first-order valence-corrected chi connectivity index (χ1v) is 11.4. The molecule has 0 bridgehead atoms. The third-order valence-electron chi connectivity index (χ3n) is 6.84. The van der Waals surface area contributed by atoms with Crippen molar-refractivity contribution in [3.05, 3.63) is 113 Å². The molecule has 164 valence electrons. The molecule has 0 amide bonds. The van der Waals surface area contributed by atoms with E-state index in [1.165, 1.54) is 23.3 Å². The summed E-state index contributed by atoms with van der Waals surface area (Å²) >= 11 is 0. The van der Waals surface area contributed by atoms with Crippen molar-refractivity contribution in [3.8, 4) is 0 Å². The topological polar surface area (TPSA) is 6.48 Å². The van der Waals surface area contributed by atoms with Crippen LogP contribution in [0.1, 0.15) is 40.6 Å². The number of halogens is 2. The van der Waals surface area contributed by atoms with Gasteiger partial charge in [-0.2, -0.15) is 0 Å². The Morgan fingerprint density at radius 3 is 2.25 bits per heavy atom. The van der Waals surface area contributed by atoms with Gasteiger partial charge in [-0.1, -0.05) is 60.7 Å². The Bertz CT molecular complexity index is 1070. The molecule has 1 fully saturated rings. The van der Waals surface area contributed by atoms with Gasteiger partial charge in [0.15, 0.2) is 0 Å². The average Bonchev–Trinajstić information content (AvgIpc) is 3.19. The van der Waals surface area contributed by atoms with E-state index in [4.69, 9.17) is 0 Å². The lowest BCUT2D eigenvalue weighted by Crippen LogP contribution is -2.47. The summed E-state index contributed by atoms with van der Waals surface area (Å²) in [5.74, 6) is -0.221. The molecule has 3 aromatic carbocycles. The maximum atomic E-state index is 14.1. The Morgan fingerprint density at radius 2 is 1.50 bits per heavy atom. The van der Waals surface area contributed by atoms with Gasteiger partial charge in [0.25, 0.3) is 0 Å². The fourth-order valence-corrected chi connectivity index (χ4v) is 5.14. The zero-order valence-corrected chi connectivity index (χ0v) is 18.1. The lowest BCUT2D eigenvalue weighted by molar-refractivity contribution is 0.102. The molecule has 2 aliphatic rings. The van der Waals surface area contributed by atoms with Crippen LogP contribution in [0.15, 0.2) is 78.9 Å². The molecule has 1 aliphatic carbocycles. The summed E-state index contributed by atoms with van der Waals surface area (Å²) in [4.78, 5) is 4.97. The maximum Gasteiger partial charge on any atom is 0.123 e. The molecule has 1 aliphatic heterocycles. The highest BCUT2D eigenvalue weighted by atomic mass is 19.1. The van der Waals surface area contributed by atoms with Crippen LogP contribution in [0.3, 0.4) is 0 Å². The molecule has 0 saturated carbocycles. The Kier molecular flexibility index (Phi) is 6.15. The molecule has 5 rings (SSSR count). The third-order valence-corrected chi connectivity index (χ3v) is 6.84. The van der Waals surface area contributed by atoms with Crippen LogP contribution >= 0.6 is 0 Å². The number of piperazine rings is 1. The van der Waals surface area contributed by atoms with Gasteiger partial charge in [0.05, 0.1) is 0 Å². The molecule has 1 saturated heterocycles. The molecule has 2 atom stereocenters. The molecule has 32 heavy (non-hydrogen) atoms. The summed E-state index contributed by atoms with van der Waals surface area (Å²) in [5.41, 5.74) is 4.60. The lowest BCUT2D eigenvalue weighted by atomic mass is 9.93. The quantitative estimate of drug-likeness (QED) is 0.499. The van der Waals surface area contributed by atoms with Gasteiger partial charge in [0, 0.05) is 44.7 Å². The number of rotatable bonds is 5. The molecule has 2 unspecified atom stereocenters. The molecule has 0 aromatic heterocycles. The first kappa shape index (κ1) is 21.0. The van der Waals surface area contributed by atoms with Crippen molar-refractivity contribution >= 4 is 6.08 Å². The number of nitrogens with zero attached hydrogens (tertiary/aromatic N) is 2. The summed E-state index contributed by atoms with van der Waals surface area (Å²) in [6, 6.07) is 22.5. The Labute approximate surface area is 188 Å². The van der Waals surface area contributed by atoms with E-state index in [0.29, 0.717) is 0 Å². The number of hydrogen-bond acceptors (Lipinski definition) is 2. The van der Waals surface area contributed by atoms with Crippen LogP contribution in [0, 0.1) is 11.6 Å². The van der Waals surface area contributed by atoms with Gasteiger partial charge in [-0.15, -0.1) is 0 Å². The Hall–Kier alpha value is -2.82. The minimum absolute atomic E-state index is 0.182. The molecular weight excluding hydrogens is 402 g/mol. The smallest absolute Gasteiger partial charge is 0.123 e. The van der Waals surface area contributed by atoms with E-state index in [2.05, 4.69) is 46.2 Å². The van der Waals surface area contributed by atoms with Crippen molar-refractivity contribution < 1.29 is 8.78 Å². The highest BCUT2D eigenvalue weighted by Crippen LogP contribution is 2.47. The summed E-state index contributed by atoms with van der Waals surface area (Å²) < 4.78 is 27.6.